The molecule has 0 aromatic carbocycles. The zero-order chi connectivity index (χ0) is 31.1. The molecular formula is C36H49NO2S5. The largest absolute Gasteiger partial charge is 0.265 e. The number of thiophene rings is 4. The lowest BCUT2D eigenvalue weighted by Gasteiger charge is -2.32. The second-order valence-electron chi connectivity index (χ2n) is 12.5. The van der Waals surface area contributed by atoms with E-state index in [4.69, 9.17) is 0 Å². The standard InChI is InChI=1S/C36H49NO2S5/c1-5-7-9-11-13-15-17-28(18-16-14-12-10-8-6-2)25-37-29-24-33(32-22-21-31(42-32)30-20-19-26(3)40-30)43-35(29)36-34(44(37,38)39)23-27(4)41-36/h19-24,28H,5-18,25H2,1-4H3. The van der Waals surface area contributed by atoms with Crippen LogP contribution in [0.15, 0.2) is 41.3 Å². The van der Waals surface area contributed by atoms with Gasteiger partial charge in [-0.25, -0.2) is 8.42 Å². The van der Waals surface area contributed by atoms with Gasteiger partial charge in [0, 0.05) is 35.8 Å². The number of nitrogens with zero attached hydrogens (tertiary/aromatic N) is 1. The fraction of sp³-hybridized carbons (Fsp3) is 0.556. The van der Waals surface area contributed by atoms with Crippen LogP contribution in [-0.4, -0.2) is 15.0 Å². The number of hydrogen-bond donors (Lipinski definition) is 0. The van der Waals surface area contributed by atoms with E-state index in [-0.39, 0.29) is 0 Å². The highest BCUT2D eigenvalue weighted by molar-refractivity contribution is 7.93. The first-order chi connectivity index (χ1) is 21.3. The molecule has 0 radical (unpaired) electrons. The number of unbranched alkanes of at least 4 members (excludes halogenated alkanes) is 10. The number of hydrogen-bond acceptors (Lipinski definition) is 6. The van der Waals surface area contributed by atoms with Crippen LogP contribution in [0, 0.1) is 19.8 Å². The minimum Gasteiger partial charge on any atom is -0.264 e. The Labute approximate surface area is 282 Å². The van der Waals surface area contributed by atoms with Gasteiger partial charge in [0.15, 0.2) is 0 Å². The van der Waals surface area contributed by atoms with Crippen LogP contribution in [0.2, 0.25) is 0 Å². The molecule has 0 atom stereocenters. The fourth-order valence-corrected chi connectivity index (χ4v) is 12.9. The van der Waals surface area contributed by atoms with Gasteiger partial charge < -0.3 is 0 Å². The topological polar surface area (TPSA) is 37.4 Å². The van der Waals surface area contributed by atoms with Crippen molar-refractivity contribution in [3.63, 3.8) is 0 Å². The van der Waals surface area contributed by atoms with Gasteiger partial charge in [0.1, 0.15) is 4.90 Å². The number of fused-ring (bicyclic) bond motifs is 3. The minimum absolute atomic E-state index is 0.384. The SMILES string of the molecule is CCCCCCCCC(CCCCCCCC)CN1c2cc(-c3ccc(-c4ccc(C)s4)s3)sc2-c2sc(C)cc2S1(=O)=O. The molecule has 0 saturated carbocycles. The van der Waals surface area contributed by atoms with Gasteiger partial charge in [-0.1, -0.05) is 90.9 Å². The Bertz CT molecular complexity index is 1570. The third-order valence-corrected chi connectivity index (χ3v) is 15.5. The molecule has 5 heterocycles. The predicted octanol–water partition coefficient (Wildman–Crippen LogP) is 13.2. The van der Waals surface area contributed by atoms with E-state index in [0.29, 0.717) is 17.4 Å². The first kappa shape index (κ1) is 33.9. The second kappa shape index (κ2) is 15.9. The number of aryl methyl sites for hydroxylation is 2. The average molecular weight is 688 g/mol. The Hall–Kier alpha value is -1.45. The molecule has 5 rings (SSSR count). The lowest BCUT2D eigenvalue weighted by molar-refractivity contribution is 0.410. The van der Waals surface area contributed by atoms with E-state index in [1.54, 1.807) is 22.7 Å². The van der Waals surface area contributed by atoms with Crippen LogP contribution in [0.25, 0.3) is 29.3 Å². The zero-order valence-electron chi connectivity index (χ0n) is 27.0. The maximum atomic E-state index is 14.3. The van der Waals surface area contributed by atoms with Crippen LogP contribution in [-0.2, 0) is 10.0 Å². The van der Waals surface area contributed by atoms with E-state index in [1.165, 1.54) is 101 Å². The van der Waals surface area contributed by atoms with E-state index < -0.39 is 10.0 Å². The highest BCUT2D eigenvalue weighted by Crippen LogP contribution is 2.54. The van der Waals surface area contributed by atoms with Crippen molar-refractivity contribution in [2.75, 3.05) is 10.8 Å². The first-order valence-corrected chi connectivity index (χ1v) is 21.5. The zero-order valence-corrected chi connectivity index (χ0v) is 31.0. The van der Waals surface area contributed by atoms with Gasteiger partial charge in [-0.2, -0.15) is 0 Å². The summed E-state index contributed by atoms with van der Waals surface area (Å²) in [6.45, 7) is 9.31. The smallest absolute Gasteiger partial charge is 0.264 e. The van der Waals surface area contributed by atoms with Gasteiger partial charge in [-0.05, 0) is 69.0 Å². The van der Waals surface area contributed by atoms with E-state index in [1.807, 2.05) is 40.0 Å². The Balaban J connectivity index is 1.40. The molecule has 0 fully saturated rings. The summed E-state index contributed by atoms with van der Waals surface area (Å²) in [6, 6.07) is 12.9. The number of anilines is 1. The Kier molecular flexibility index (Phi) is 12.3. The molecule has 0 saturated heterocycles. The van der Waals surface area contributed by atoms with Crippen molar-refractivity contribution in [1.82, 2.24) is 0 Å². The summed E-state index contributed by atoms with van der Waals surface area (Å²) in [5.41, 5.74) is 0.900. The molecule has 44 heavy (non-hydrogen) atoms. The van der Waals surface area contributed by atoms with E-state index in [9.17, 15) is 8.42 Å². The van der Waals surface area contributed by atoms with Gasteiger partial charge in [0.05, 0.1) is 15.4 Å². The Morgan fingerprint density at radius 1 is 0.614 bits per heavy atom. The molecular weight excluding hydrogens is 639 g/mol. The molecule has 0 N–H and O–H groups in total. The minimum atomic E-state index is -3.60. The normalized spacial score (nSPS) is 14.0. The predicted molar refractivity (Wildman–Crippen MR) is 198 cm³/mol. The summed E-state index contributed by atoms with van der Waals surface area (Å²) >= 11 is 7.03. The summed E-state index contributed by atoms with van der Waals surface area (Å²) in [6.07, 6.45) is 17.5. The maximum Gasteiger partial charge on any atom is 0.265 e. The van der Waals surface area contributed by atoms with Crippen molar-refractivity contribution in [2.24, 2.45) is 5.92 Å². The monoisotopic (exact) mass is 687 g/mol. The highest BCUT2D eigenvalue weighted by atomic mass is 32.2. The van der Waals surface area contributed by atoms with Crippen LogP contribution in [0.1, 0.15) is 113 Å². The number of rotatable bonds is 18. The molecule has 3 nitrogen and oxygen atoms in total. The molecule has 4 aromatic rings. The van der Waals surface area contributed by atoms with Gasteiger partial charge in [0.25, 0.3) is 10.0 Å². The quantitative estimate of drug-likeness (QED) is 0.0976. The van der Waals surface area contributed by atoms with E-state index >= 15 is 0 Å². The summed E-state index contributed by atoms with van der Waals surface area (Å²) in [5.74, 6) is 0.384. The Morgan fingerprint density at radius 2 is 1.18 bits per heavy atom. The van der Waals surface area contributed by atoms with Crippen LogP contribution < -0.4 is 4.31 Å². The first-order valence-electron chi connectivity index (χ1n) is 16.8. The Morgan fingerprint density at radius 3 is 1.80 bits per heavy atom. The third-order valence-electron chi connectivity index (χ3n) is 8.76. The van der Waals surface area contributed by atoms with Crippen LogP contribution in [0.3, 0.4) is 0 Å². The summed E-state index contributed by atoms with van der Waals surface area (Å²) < 4.78 is 30.4. The van der Waals surface area contributed by atoms with Crippen molar-refractivity contribution < 1.29 is 8.42 Å². The molecule has 0 unspecified atom stereocenters. The lowest BCUT2D eigenvalue weighted by Crippen LogP contribution is -2.37. The van der Waals surface area contributed by atoms with Gasteiger partial charge in [-0.15, -0.1) is 45.3 Å². The number of sulfonamides is 1. The molecule has 4 aromatic heterocycles. The van der Waals surface area contributed by atoms with Crippen LogP contribution in [0.5, 0.6) is 0 Å². The van der Waals surface area contributed by atoms with Crippen molar-refractivity contribution in [3.05, 3.63) is 46.2 Å². The third kappa shape index (κ3) is 8.09. The fourth-order valence-electron chi connectivity index (χ4n) is 6.29. The molecule has 0 aliphatic carbocycles. The highest BCUT2D eigenvalue weighted by Gasteiger charge is 2.39. The van der Waals surface area contributed by atoms with E-state index in [2.05, 4.69) is 51.1 Å². The van der Waals surface area contributed by atoms with Gasteiger partial charge in [-0.3, -0.25) is 4.31 Å². The molecule has 0 amide bonds. The molecule has 1 aliphatic rings. The van der Waals surface area contributed by atoms with Gasteiger partial charge >= 0.3 is 0 Å². The molecule has 0 bridgehead atoms. The maximum absolute atomic E-state index is 14.3. The van der Waals surface area contributed by atoms with Crippen molar-refractivity contribution in [1.29, 1.82) is 0 Å². The summed E-state index contributed by atoms with van der Waals surface area (Å²) in [4.78, 5) is 9.91. The summed E-state index contributed by atoms with van der Waals surface area (Å²) in [5, 5.41) is 0. The van der Waals surface area contributed by atoms with Crippen molar-refractivity contribution in [3.8, 4) is 29.3 Å². The second-order valence-corrected chi connectivity index (χ2v) is 19.0. The lowest BCUT2D eigenvalue weighted by atomic mass is 9.94. The van der Waals surface area contributed by atoms with Crippen molar-refractivity contribution in [2.45, 2.75) is 122 Å². The van der Waals surface area contributed by atoms with E-state index in [0.717, 1.165) is 33.2 Å². The molecule has 1 aliphatic heterocycles. The van der Waals surface area contributed by atoms with Crippen LogP contribution in [0.4, 0.5) is 5.69 Å². The molecule has 8 heteroatoms. The molecule has 0 spiro atoms. The molecule has 240 valence electrons. The van der Waals surface area contributed by atoms with Crippen LogP contribution >= 0.6 is 45.3 Å². The summed E-state index contributed by atoms with van der Waals surface area (Å²) in [7, 11) is -3.60. The van der Waals surface area contributed by atoms with Gasteiger partial charge in [0.2, 0.25) is 0 Å². The average Bonchev–Trinajstić information content (AvgIpc) is 3.80. The van der Waals surface area contributed by atoms with Crippen molar-refractivity contribution >= 4 is 61.1 Å².